The molecule has 0 fully saturated rings. The molecule has 0 spiro atoms. The van der Waals surface area contributed by atoms with Crippen LogP contribution >= 0.6 is 12.6 Å². The van der Waals surface area contributed by atoms with Crippen LogP contribution in [-0.2, 0) is 4.79 Å². The first-order chi connectivity index (χ1) is 7.61. The second-order valence-electron chi connectivity index (χ2n) is 2.29. The van der Waals surface area contributed by atoms with Gasteiger partial charge in [0.15, 0.2) is 0 Å². The van der Waals surface area contributed by atoms with Crippen LogP contribution in [0.5, 0.6) is 0 Å². The molecule has 5 N–H and O–H groups in total. The quantitative estimate of drug-likeness (QED) is 0.466. The predicted molar refractivity (Wildman–Crippen MR) is 71.2 cm³/mol. The number of nitrogens with two attached hydrogens (primary N) is 2. The molecule has 0 aliphatic rings. The average molecular weight is 241 g/mol. The van der Waals surface area contributed by atoms with E-state index < -0.39 is 5.91 Å². The molecule has 0 heterocycles. The van der Waals surface area contributed by atoms with Gasteiger partial charge in [0.1, 0.15) is 5.71 Å². The summed E-state index contributed by atoms with van der Waals surface area (Å²) in [5.74, 6) is -0.720. The summed E-state index contributed by atoms with van der Waals surface area (Å²) in [6.07, 6.45) is 0. The zero-order chi connectivity index (χ0) is 13.1. The lowest BCUT2D eigenvalue weighted by molar-refractivity contribution is -0.112. The molecule has 1 rings (SSSR count). The fourth-order valence-corrected chi connectivity index (χ4v) is 0.919. The van der Waals surface area contributed by atoms with E-state index in [0.717, 1.165) is 4.90 Å². The van der Waals surface area contributed by atoms with E-state index in [4.69, 9.17) is 11.1 Å². The highest BCUT2D eigenvalue weighted by molar-refractivity contribution is 7.80. The minimum atomic E-state index is -0.720. The van der Waals surface area contributed by atoms with Crippen molar-refractivity contribution < 1.29 is 4.79 Å². The summed E-state index contributed by atoms with van der Waals surface area (Å²) in [4.78, 5) is 11.4. The van der Waals surface area contributed by atoms with Crippen molar-refractivity contribution in [2.75, 3.05) is 7.05 Å². The van der Waals surface area contributed by atoms with Gasteiger partial charge in [0.2, 0.25) is 0 Å². The highest BCUT2D eigenvalue weighted by Crippen LogP contribution is 2.07. The van der Waals surface area contributed by atoms with Gasteiger partial charge < -0.3 is 11.5 Å². The van der Waals surface area contributed by atoms with Crippen LogP contribution in [0.15, 0.2) is 29.2 Å². The van der Waals surface area contributed by atoms with Gasteiger partial charge in [-0.1, -0.05) is 26.0 Å². The second kappa shape index (κ2) is 10.2. The first-order valence-electron chi connectivity index (χ1n) is 4.87. The van der Waals surface area contributed by atoms with E-state index in [1.807, 2.05) is 13.8 Å². The number of hydrogen-bond donors (Lipinski definition) is 4. The fraction of sp³-hybridized carbons (Fsp3) is 0.273. The Labute approximate surface area is 102 Å². The molecular weight excluding hydrogens is 222 g/mol. The monoisotopic (exact) mass is 241 g/mol. The maximum atomic E-state index is 10.6. The van der Waals surface area contributed by atoms with Gasteiger partial charge >= 0.3 is 0 Å². The van der Waals surface area contributed by atoms with Gasteiger partial charge in [-0.05, 0) is 19.2 Å². The topological polar surface area (TPSA) is 93.0 Å². The third-order valence-corrected chi connectivity index (χ3v) is 1.70. The number of rotatable bonds is 2. The summed E-state index contributed by atoms with van der Waals surface area (Å²) in [5, 5.41) is 7.26. The van der Waals surface area contributed by atoms with Crippen LogP contribution in [0.2, 0.25) is 0 Å². The Morgan fingerprint density at radius 3 is 1.88 bits per heavy atom. The van der Waals surface area contributed by atoms with Crippen molar-refractivity contribution in [3.8, 4) is 0 Å². The van der Waals surface area contributed by atoms with Crippen LogP contribution in [0, 0.1) is 5.41 Å². The van der Waals surface area contributed by atoms with E-state index in [2.05, 4.69) is 18.4 Å². The first-order valence-corrected chi connectivity index (χ1v) is 5.31. The van der Waals surface area contributed by atoms with Crippen molar-refractivity contribution in [3.05, 3.63) is 29.8 Å². The Bertz CT molecular complexity index is 323. The lowest BCUT2D eigenvalue weighted by Crippen LogP contribution is -2.22. The summed E-state index contributed by atoms with van der Waals surface area (Å²) in [6, 6.07) is 6.68. The van der Waals surface area contributed by atoms with E-state index in [0.29, 0.717) is 5.56 Å². The lowest BCUT2D eigenvalue weighted by Gasteiger charge is -1.98. The Hall–Kier alpha value is -1.33. The van der Waals surface area contributed by atoms with Crippen molar-refractivity contribution in [1.29, 1.82) is 5.41 Å². The van der Waals surface area contributed by atoms with Crippen molar-refractivity contribution in [2.24, 2.45) is 11.5 Å². The molecule has 0 aromatic heterocycles. The van der Waals surface area contributed by atoms with Gasteiger partial charge in [-0.3, -0.25) is 10.2 Å². The number of nitrogens with one attached hydrogen (secondary N) is 1. The van der Waals surface area contributed by atoms with Crippen molar-refractivity contribution in [3.63, 3.8) is 0 Å². The molecule has 1 aromatic carbocycles. The number of carbonyl (C=O) groups is 1. The van der Waals surface area contributed by atoms with Gasteiger partial charge in [0.25, 0.3) is 5.91 Å². The zero-order valence-corrected chi connectivity index (χ0v) is 10.7. The fourth-order valence-electron chi connectivity index (χ4n) is 0.770. The normalized spacial score (nSPS) is 7.81. The highest BCUT2D eigenvalue weighted by atomic mass is 32.1. The third-order valence-electron chi connectivity index (χ3n) is 1.40. The van der Waals surface area contributed by atoms with Crippen LogP contribution in [0.3, 0.4) is 0 Å². The summed E-state index contributed by atoms with van der Waals surface area (Å²) >= 11 is 4.07. The Kier molecular flexibility index (Phi) is 10.9. The molecule has 0 saturated carbocycles. The van der Waals surface area contributed by atoms with E-state index in [-0.39, 0.29) is 5.71 Å². The van der Waals surface area contributed by atoms with Crippen LogP contribution < -0.4 is 11.5 Å². The Morgan fingerprint density at radius 2 is 1.56 bits per heavy atom. The number of benzene rings is 1. The minimum absolute atomic E-state index is 0.177. The van der Waals surface area contributed by atoms with Gasteiger partial charge in [-0.2, -0.15) is 0 Å². The van der Waals surface area contributed by atoms with Crippen molar-refractivity contribution in [1.82, 2.24) is 0 Å². The first kappa shape index (κ1) is 17.1. The lowest BCUT2D eigenvalue weighted by atomic mass is 10.1. The predicted octanol–water partition coefficient (Wildman–Crippen LogP) is 1.43. The Balaban J connectivity index is 0. The van der Waals surface area contributed by atoms with Gasteiger partial charge in [-0.25, -0.2) is 0 Å². The van der Waals surface area contributed by atoms with Crippen LogP contribution in [0.25, 0.3) is 0 Å². The smallest absolute Gasteiger partial charge is 0.267 e. The Morgan fingerprint density at radius 1 is 1.19 bits per heavy atom. The molecule has 1 amide bonds. The van der Waals surface area contributed by atoms with Gasteiger partial charge in [-0.15, -0.1) is 12.6 Å². The molecule has 0 radical (unpaired) electrons. The van der Waals surface area contributed by atoms with Crippen LogP contribution in [0.4, 0.5) is 0 Å². The summed E-state index contributed by atoms with van der Waals surface area (Å²) < 4.78 is 0. The standard InChI is InChI=1S/C8H8N2OS.C2H6.CH5N/c9-7(8(10)11)5-1-3-6(12)4-2-5;2*1-2/h1-4,9,12H,(H2,10,11);1-2H3;2H2,1H3. The molecule has 5 heteroatoms. The van der Waals surface area contributed by atoms with Crippen LogP contribution in [-0.4, -0.2) is 18.7 Å². The van der Waals surface area contributed by atoms with E-state index >= 15 is 0 Å². The number of carbonyl (C=O) groups excluding carboxylic acids is 1. The molecular formula is C11H19N3OS. The zero-order valence-electron chi connectivity index (χ0n) is 9.82. The number of primary amides is 1. The molecule has 90 valence electrons. The van der Waals surface area contributed by atoms with Gasteiger partial charge in [0.05, 0.1) is 0 Å². The number of thiol groups is 1. The second-order valence-corrected chi connectivity index (χ2v) is 2.80. The van der Waals surface area contributed by atoms with Crippen molar-refractivity contribution in [2.45, 2.75) is 18.7 Å². The molecule has 0 saturated heterocycles. The van der Waals surface area contributed by atoms with Gasteiger partial charge in [0, 0.05) is 10.5 Å². The number of hydrogen-bond acceptors (Lipinski definition) is 4. The molecule has 0 aliphatic carbocycles. The molecule has 4 nitrogen and oxygen atoms in total. The van der Waals surface area contributed by atoms with Crippen LogP contribution in [0.1, 0.15) is 19.4 Å². The molecule has 0 bridgehead atoms. The highest BCUT2D eigenvalue weighted by Gasteiger charge is 2.05. The number of amides is 1. The molecule has 0 aliphatic heterocycles. The summed E-state index contributed by atoms with van der Waals surface area (Å²) in [6.45, 7) is 4.00. The maximum Gasteiger partial charge on any atom is 0.267 e. The molecule has 1 aromatic rings. The minimum Gasteiger partial charge on any atom is -0.364 e. The van der Waals surface area contributed by atoms with Crippen molar-refractivity contribution >= 4 is 24.2 Å². The third kappa shape index (κ3) is 6.21. The molecule has 0 atom stereocenters. The summed E-state index contributed by atoms with van der Waals surface area (Å²) in [5.41, 5.74) is 9.76. The SMILES string of the molecule is CC.CN.N=C(C(N)=O)c1ccc(S)cc1. The largest absolute Gasteiger partial charge is 0.364 e. The maximum absolute atomic E-state index is 10.6. The van der Waals surface area contributed by atoms with E-state index in [9.17, 15) is 4.79 Å². The van der Waals surface area contributed by atoms with E-state index in [1.54, 1.807) is 24.3 Å². The molecule has 16 heavy (non-hydrogen) atoms. The summed E-state index contributed by atoms with van der Waals surface area (Å²) in [7, 11) is 1.50. The van der Waals surface area contributed by atoms with E-state index in [1.165, 1.54) is 7.05 Å². The average Bonchev–Trinajstić information content (AvgIpc) is 2.34. The molecule has 0 unspecified atom stereocenters.